The standard InChI is InChI=1S/C24H27NO11/c1-13(26)30-12-20-21(32-14(2)27)22(33-15(3)28)23(34-16(4)29)24(35-20)31-11-18-10-19(25-36-18)17-8-6-5-7-9-17/h5-10,20-24H,11-12H2,1-4H3/t20-,21-,22+,23-,24+/m1/s1. The number of rotatable bonds is 9. The van der Waals surface area contributed by atoms with Gasteiger partial charge >= 0.3 is 23.9 Å². The van der Waals surface area contributed by atoms with Gasteiger partial charge in [-0.25, -0.2) is 0 Å². The zero-order valence-corrected chi connectivity index (χ0v) is 20.2. The SMILES string of the molecule is CC(=O)OC[C@H]1O[C@H](OCc2cc(-c3ccccc3)no2)[C@H](OC(C)=O)[C@@H](OC(C)=O)[C@@H]1OC(C)=O. The molecule has 0 spiro atoms. The van der Waals surface area contributed by atoms with Crippen molar-refractivity contribution in [2.24, 2.45) is 0 Å². The molecule has 1 aliphatic rings. The highest BCUT2D eigenvalue weighted by atomic mass is 16.7. The zero-order chi connectivity index (χ0) is 26.2. The van der Waals surface area contributed by atoms with Gasteiger partial charge in [0.25, 0.3) is 0 Å². The van der Waals surface area contributed by atoms with E-state index >= 15 is 0 Å². The summed E-state index contributed by atoms with van der Waals surface area (Å²) in [6.45, 7) is 4.12. The highest BCUT2D eigenvalue weighted by Crippen LogP contribution is 2.30. The quantitative estimate of drug-likeness (QED) is 0.362. The van der Waals surface area contributed by atoms with Gasteiger partial charge in [-0.05, 0) is 0 Å². The summed E-state index contributed by atoms with van der Waals surface area (Å²) in [6, 6.07) is 11.0. The Kier molecular flexibility index (Phi) is 9.14. The third kappa shape index (κ3) is 7.36. The van der Waals surface area contributed by atoms with E-state index in [9.17, 15) is 19.2 Å². The lowest BCUT2D eigenvalue weighted by molar-refractivity contribution is -0.311. The molecule has 0 saturated carbocycles. The largest absolute Gasteiger partial charge is 0.463 e. The number of hydrogen-bond acceptors (Lipinski definition) is 12. The molecule has 1 aliphatic heterocycles. The second-order valence-electron chi connectivity index (χ2n) is 7.92. The minimum atomic E-state index is -1.32. The molecule has 3 rings (SSSR count). The number of benzene rings is 1. The summed E-state index contributed by atoms with van der Waals surface area (Å²) in [5.41, 5.74) is 1.41. The van der Waals surface area contributed by atoms with Crippen molar-refractivity contribution in [3.63, 3.8) is 0 Å². The van der Waals surface area contributed by atoms with Gasteiger partial charge in [0.05, 0.1) is 0 Å². The van der Waals surface area contributed by atoms with Gasteiger partial charge in [0, 0.05) is 39.3 Å². The average Bonchev–Trinajstić information content (AvgIpc) is 3.28. The predicted molar refractivity (Wildman–Crippen MR) is 119 cm³/mol. The summed E-state index contributed by atoms with van der Waals surface area (Å²) in [6.07, 6.45) is -6.31. The number of ether oxygens (including phenoxy) is 6. The number of aromatic nitrogens is 1. The van der Waals surface area contributed by atoms with Crippen molar-refractivity contribution in [1.82, 2.24) is 5.16 Å². The van der Waals surface area contributed by atoms with Gasteiger partial charge in [-0.3, -0.25) is 19.2 Å². The zero-order valence-electron chi connectivity index (χ0n) is 20.2. The van der Waals surface area contributed by atoms with E-state index in [0.29, 0.717) is 11.5 Å². The highest BCUT2D eigenvalue weighted by Gasteiger charge is 2.52. The lowest BCUT2D eigenvalue weighted by Gasteiger charge is -2.43. The lowest BCUT2D eigenvalue weighted by Crippen LogP contribution is -2.62. The molecular formula is C24H27NO11. The van der Waals surface area contributed by atoms with E-state index in [1.165, 1.54) is 6.92 Å². The summed E-state index contributed by atoms with van der Waals surface area (Å²) >= 11 is 0. The van der Waals surface area contributed by atoms with Crippen LogP contribution in [-0.2, 0) is 54.2 Å². The molecule has 12 nitrogen and oxygen atoms in total. The highest BCUT2D eigenvalue weighted by molar-refractivity contribution is 5.68. The third-order valence-electron chi connectivity index (χ3n) is 4.97. The van der Waals surface area contributed by atoms with Crippen molar-refractivity contribution in [2.75, 3.05) is 6.61 Å². The number of esters is 4. The first-order chi connectivity index (χ1) is 17.1. The Morgan fingerprint density at radius 3 is 2.06 bits per heavy atom. The first-order valence-electron chi connectivity index (χ1n) is 11.1. The van der Waals surface area contributed by atoms with Gasteiger partial charge in [-0.2, -0.15) is 0 Å². The molecule has 2 aromatic rings. The molecule has 194 valence electrons. The van der Waals surface area contributed by atoms with Crippen LogP contribution in [0.1, 0.15) is 33.5 Å². The third-order valence-corrected chi connectivity index (χ3v) is 4.97. The molecule has 0 amide bonds. The van der Waals surface area contributed by atoms with Crippen LogP contribution >= 0.6 is 0 Å². The number of carbonyl (C=O) groups excluding carboxylic acids is 4. The molecule has 12 heteroatoms. The van der Waals surface area contributed by atoms with Gasteiger partial charge in [0.15, 0.2) is 30.4 Å². The van der Waals surface area contributed by atoms with Gasteiger partial charge in [-0.1, -0.05) is 35.5 Å². The maximum atomic E-state index is 11.9. The molecule has 0 bridgehead atoms. The summed E-state index contributed by atoms with van der Waals surface area (Å²) in [4.78, 5) is 46.9. The summed E-state index contributed by atoms with van der Waals surface area (Å²) in [7, 11) is 0. The van der Waals surface area contributed by atoms with Crippen LogP contribution in [-0.4, -0.2) is 66.3 Å². The van der Waals surface area contributed by atoms with E-state index in [-0.39, 0.29) is 13.2 Å². The molecule has 0 aliphatic carbocycles. The Labute approximate surface area is 206 Å². The van der Waals surface area contributed by atoms with E-state index in [1.807, 2.05) is 30.3 Å². The van der Waals surface area contributed by atoms with Crippen molar-refractivity contribution in [3.8, 4) is 11.3 Å². The van der Waals surface area contributed by atoms with Crippen LogP contribution in [0, 0.1) is 0 Å². The fourth-order valence-corrected chi connectivity index (χ4v) is 3.61. The Hall–Kier alpha value is -3.77. The van der Waals surface area contributed by atoms with Crippen LogP contribution in [0.2, 0.25) is 0 Å². The second-order valence-corrected chi connectivity index (χ2v) is 7.92. The number of nitrogens with zero attached hydrogens (tertiary/aromatic N) is 1. The van der Waals surface area contributed by atoms with Gasteiger partial charge in [-0.15, -0.1) is 0 Å². The lowest BCUT2D eigenvalue weighted by atomic mass is 9.98. The number of hydrogen-bond donors (Lipinski definition) is 0. The first-order valence-corrected chi connectivity index (χ1v) is 11.1. The maximum Gasteiger partial charge on any atom is 0.303 e. The van der Waals surface area contributed by atoms with E-state index < -0.39 is 54.6 Å². The molecule has 1 aromatic heterocycles. The van der Waals surface area contributed by atoms with Crippen LogP contribution in [0.4, 0.5) is 0 Å². The molecular weight excluding hydrogens is 478 g/mol. The second kappa shape index (κ2) is 12.3. The smallest absolute Gasteiger partial charge is 0.303 e. The monoisotopic (exact) mass is 505 g/mol. The Balaban J connectivity index is 1.85. The summed E-state index contributed by atoms with van der Waals surface area (Å²) in [5.74, 6) is -2.45. The Morgan fingerprint density at radius 2 is 1.44 bits per heavy atom. The van der Waals surface area contributed by atoms with Gasteiger partial charge in [0.1, 0.15) is 25.0 Å². The van der Waals surface area contributed by atoms with E-state index in [1.54, 1.807) is 6.07 Å². The van der Waals surface area contributed by atoms with Crippen LogP contribution in [0.3, 0.4) is 0 Å². The van der Waals surface area contributed by atoms with Crippen molar-refractivity contribution < 1.29 is 52.1 Å². The van der Waals surface area contributed by atoms with Crippen molar-refractivity contribution in [3.05, 3.63) is 42.2 Å². The van der Waals surface area contributed by atoms with E-state index in [2.05, 4.69) is 5.16 Å². The average molecular weight is 505 g/mol. The normalized spacial score (nSPS) is 23.4. The van der Waals surface area contributed by atoms with Gasteiger partial charge < -0.3 is 32.9 Å². The molecule has 1 fully saturated rings. The van der Waals surface area contributed by atoms with E-state index in [4.69, 9.17) is 32.9 Å². The van der Waals surface area contributed by atoms with Crippen molar-refractivity contribution in [2.45, 2.75) is 65.0 Å². The fourth-order valence-electron chi connectivity index (χ4n) is 3.61. The van der Waals surface area contributed by atoms with Crippen LogP contribution in [0.15, 0.2) is 40.9 Å². The Morgan fingerprint density at radius 1 is 0.833 bits per heavy atom. The topological polar surface area (TPSA) is 150 Å². The fraction of sp³-hybridized carbons (Fsp3) is 0.458. The molecule has 0 unspecified atom stereocenters. The van der Waals surface area contributed by atoms with Gasteiger partial charge in [0.2, 0.25) is 0 Å². The molecule has 5 atom stereocenters. The van der Waals surface area contributed by atoms with Crippen LogP contribution in [0.25, 0.3) is 11.3 Å². The molecule has 0 radical (unpaired) electrons. The molecule has 1 aromatic carbocycles. The van der Waals surface area contributed by atoms with Crippen molar-refractivity contribution >= 4 is 23.9 Å². The minimum Gasteiger partial charge on any atom is -0.463 e. The maximum absolute atomic E-state index is 11.9. The predicted octanol–water partition coefficient (Wildman–Crippen LogP) is 1.94. The van der Waals surface area contributed by atoms with Crippen LogP contribution < -0.4 is 0 Å². The summed E-state index contributed by atoms with van der Waals surface area (Å²) < 4.78 is 38.1. The molecule has 2 heterocycles. The number of carbonyl (C=O) groups is 4. The van der Waals surface area contributed by atoms with Crippen molar-refractivity contribution in [1.29, 1.82) is 0 Å². The Bertz CT molecular complexity index is 1070. The summed E-state index contributed by atoms with van der Waals surface area (Å²) in [5, 5.41) is 4.01. The molecule has 36 heavy (non-hydrogen) atoms. The minimum absolute atomic E-state index is 0.159. The first kappa shape index (κ1) is 26.8. The molecule has 0 N–H and O–H groups in total. The van der Waals surface area contributed by atoms with Crippen LogP contribution in [0.5, 0.6) is 0 Å². The van der Waals surface area contributed by atoms with E-state index in [0.717, 1.165) is 26.3 Å². The molecule has 1 saturated heterocycles.